The molecule has 0 N–H and O–H groups in total. The molecule has 0 unspecified atom stereocenters. The summed E-state index contributed by atoms with van der Waals surface area (Å²) in [5.41, 5.74) is 7.77. The molecule has 0 saturated carbocycles. The fourth-order valence-electron chi connectivity index (χ4n) is 2.71. The number of rotatable bonds is 2. The Hall–Kier alpha value is -0.960. The third-order valence-electron chi connectivity index (χ3n) is 3.52. The average molecular weight is 248 g/mol. The zero-order valence-electron chi connectivity index (χ0n) is 11.5. The second-order valence-corrected chi connectivity index (χ2v) is 5.88. The first kappa shape index (κ1) is 12.5. The second kappa shape index (κ2) is 4.37. The number of hydrogen-bond acceptors (Lipinski definition) is 3. The Morgan fingerprint density at radius 3 is 1.41 bits per heavy atom. The molecule has 2 rings (SSSR count). The predicted octanol–water partition coefficient (Wildman–Crippen LogP) is 4.55. The Balaban J connectivity index is 2.92. The van der Waals surface area contributed by atoms with Crippen molar-refractivity contribution >= 4 is 22.8 Å². The molecule has 0 bridgehead atoms. The first-order valence-electron chi connectivity index (χ1n) is 6.20. The van der Waals surface area contributed by atoms with Crippen LogP contribution in [-0.2, 0) is 0 Å². The van der Waals surface area contributed by atoms with E-state index in [0.29, 0.717) is 11.8 Å². The quantitative estimate of drug-likeness (QED) is 0.779. The monoisotopic (exact) mass is 248 g/mol. The van der Waals surface area contributed by atoms with Crippen LogP contribution in [0.3, 0.4) is 0 Å². The highest BCUT2D eigenvalue weighted by molar-refractivity contribution is 7.00. The van der Waals surface area contributed by atoms with Gasteiger partial charge in [0.15, 0.2) is 0 Å². The lowest BCUT2D eigenvalue weighted by molar-refractivity contribution is 0.837. The van der Waals surface area contributed by atoms with Gasteiger partial charge < -0.3 is 0 Å². The van der Waals surface area contributed by atoms with Crippen LogP contribution in [0.1, 0.15) is 61.8 Å². The van der Waals surface area contributed by atoms with Crippen molar-refractivity contribution in [1.29, 1.82) is 0 Å². The van der Waals surface area contributed by atoms with Crippen molar-refractivity contribution in [3.8, 4) is 0 Å². The van der Waals surface area contributed by atoms with Crippen molar-refractivity contribution in [3.63, 3.8) is 0 Å². The third kappa shape index (κ3) is 1.86. The second-order valence-electron chi connectivity index (χ2n) is 5.35. The summed E-state index contributed by atoms with van der Waals surface area (Å²) in [4.78, 5) is 0. The Morgan fingerprint density at radius 2 is 1.12 bits per heavy atom. The molecule has 1 heterocycles. The van der Waals surface area contributed by atoms with Gasteiger partial charge in [0.1, 0.15) is 11.0 Å². The third-order valence-corrected chi connectivity index (χ3v) is 4.05. The molecule has 92 valence electrons. The highest BCUT2D eigenvalue weighted by atomic mass is 32.1. The van der Waals surface area contributed by atoms with Crippen molar-refractivity contribution in [1.82, 2.24) is 8.75 Å². The van der Waals surface area contributed by atoms with Gasteiger partial charge in [-0.25, -0.2) is 0 Å². The minimum Gasteiger partial charge on any atom is -0.173 e. The lowest BCUT2D eigenvalue weighted by atomic mass is 9.86. The first-order chi connectivity index (χ1) is 7.95. The number of fused-ring (bicyclic) bond motifs is 1. The molecular formula is C14H20N2S. The Morgan fingerprint density at radius 1 is 0.765 bits per heavy atom. The van der Waals surface area contributed by atoms with Gasteiger partial charge in [0.25, 0.3) is 0 Å². The van der Waals surface area contributed by atoms with E-state index in [1.54, 1.807) is 0 Å². The SMILES string of the molecule is Cc1c(C)c(C(C)C)c2nsnc2c1C(C)C. The highest BCUT2D eigenvalue weighted by Crippen LogP contribution is 2.36. The number of hydrogen-bond donors (Lipinski definition) is 0. The minimum absolute atomic E-state index is 0.501. The molecule has 0 amide bonds. The van der Waals surface area contributed by atoms with Crippen LogP contribution < -0.4 is 0 Å². The summed E-state index contributed by atoms with van der Waals surface area (Å²) in [7, 11) is 0. The first-order valence-corrected chi connectivity index (χ1v) is 6.93. The van der Waals surface area contributed by atoms with Crippen LogP contribution in [0.2, 0.25) is 0 Å². The molecular weight excluding hydrogens is 228 g/mol. The molecule has 0 aliphatic carbocycles. The van der Waals surface area contributed by atoms with Gasteiger partial charge in [-0.2, -0.15) is 8.75 Å². The van der Waals surface area contributed by atoms with Crippen LogP contribution in [0.4, 0.5) is 0 Å². The van der Waals surface area contributed by atoms with Gasteiger partial charge in [0, 0.05) is 0 Å². The maximum Gasteiger partial charge on any atom is 0.108 e. The standard InChI is InChI=1S/C14H20N2S/c1-7(2)11-9(5)10(6)12(8(3)4)14-13(11)15-17-16-14/h7-8H,1-6H3. The lowest BCUT2D eigenvalue weighted by Crippen LogP contribution is -2.03. The topological polar surface area (TPSA) is 25.8 Å². The lowest BCUT2D eigenvalue weighted by Gasteiger charge is -2.18. The molecule has 3 heteroatoms. The van der Waals surface area contributed by atoms with E-state index in [4.69, 9.17) is 0 Å². The molecule has 2 aromatic rings. The number of nitrogens with zero attached hydrogens (tertiary/aromatic N) is 2. The van der Waals surface area contributed by atoms with Gasteiger partial charge in [-0.05, 0) is 47.9 Å². The van der Waals surface area contributed by atoms with E-state index < -0.39 is 0 Å². The van der Waals surface area contributed by atoms with E-state index in [0.717, 1.165) is 11.0 Å². The smallest absolute Gasteiger partial charge is 0.108 e. The summed E-state index contributed by atoms with van der Waals surface area (Å²) < 4.78 is 9.03. The fourth-order valence-corrected chi connectivity index (χ4v) is 3.29. The van der Waals surface area contributed by atoms with Gasteiger partial charge in [-0.15, -0.1) is 0 Å². The predicted molar refractivity (Wildman–Crippen MR) is 75.1 cm³/mol. The molecule has 0 aliphatic heterocycles. The molecule has 0 atom stereocenters. The van der Waals surface area contributed by atoms with Crippen molar-refractivity contribution in [3.05, 3.63) is 22.3 Å². The van der Waals surface area contributed by atoms with Crippen molar-refractivity contribution in [2.45, 2.75) is 53.4 Å². The largest absolute Gasteiger partial charge is 0.173 e. The van der Waals surface area contributed by atoms with Gasteiger partial charge >= 0.3 is 0 Å². The van der Waals surface area contributed by atoms with E-state index in [1.807, 2.05) is 0 Å². The highest BCUT2D eigenvalue weighted by Gasteiger charge is 2.20. The molecule has 0 radical (unpaired) electrons. The summed E-state index contributed by atoms with van der Waals surface area (Å²) in [5, 5.41) is 0. The van der Waals surface area contributed by atoms with E-state index in [1.165, 1.54) is 34.0 Å². The Labute approximate surface area is 107 Å². The van der Waals surface area contributed by atoms with E-state index in [2.05, 4.69) is 50.3 Å². The van der Waals surface area contributed by atoms with Crippen molar-refractivity contribution in [2.24, 2.45) is 0 Å². The van der Waals surface area contributed by atoms with Crippen LogP contribution in [-0.4, -0.2) is 8.75 Å². The van der Waals surface area contributed by atoms with E-state index >= 15 is 0 Å². The van der Waals surface area contributed by atoms with Crippen LogP contribution >= 0.6 is 11.7 Å². The molecule has 0 aliphatic rings. The van der Waals surface area contributed by atoms with Crippen LogP contribution in [0.15, 0.2) is 0 Å². The zero-order valence-corrected chi connectivity index (χ0v) is 12.3. The van der Waals surface area contributed by atoms with Gasteiger partial charge in [0.05, 0.1) is 11.7 Å². The summed E-state index contributed by atoms with van der Waals surface area (Å²) in [5.74, 6) is 1.00. The Bertz CT molecular complexity index is 505. The molecule has 1 aromatic heterocycles. The zero-order chi connectivity index (χ0) is 12.7. The van der Waals surface area contributed by atoms with Gasteiger partial charge in [0.2, 0.25) is 0 Å². The fraction of sp³-hybridized carbons (Fsp3) is 0.571. The normalized spacial score (nSPS) is 12.0. The molecule has 0 spiro atoms. The van der Waals surface area contributed by atoms with E-state index in [9.17, 15) is 0 Å². The average Bonchev–Trinajstić information content (AvgIpc) is 2.66. The molecule has 1 aromatic carbocycles. The van der Waals surface area contributed by atoms with E-state index in [-0.39, 0.29) is 0 Å². The van der Waals surface area contributed by atoms with Crippen LogP contribution in [0.5, 0.6) is 0 Å². The molecule has 2 nitrogen and oxygen atoms in total. The Kier molecular flexibility index (Phi) is 3.21. The van der Waals surface area contributed by atoms with Crippen molar-refractivity contribution < 1.29 is 0 Å². The van der Waals surface area contributed by atoms with Crippen LogP contribution in [0.25, 0.3) is 11.0 Å². The van der Waals surface area contributed by atoms with Gasteiger partial charge in [-0.3, -0.25) is 0 Å². The number of aromatic nitrogens is 2. The summed E-state index contributed by atoms with van der Waals surface area (Å²) in [6, 6.07) is 0. The van der Waals surface area contributed by atoms with Crippen molar-refractivity contribution in [2.75, 3.05) is 0 Å². The number of benzene rings is 1. The maximum atomic E-state index is 4.52. The molecule has 0 fully saturated rings. The summed E-state index contributed by atoms with van der Waals surface area (Å²) >= 11 is 1.33. The maximum absolute atomic E-state index is 4.52. The molecule has 17 heavy (non-hydrogen) atoms. The summed E-state index contributed by atoms with van der Waals surface area (Å²) in [6.45, 7) is 13.4. The van der Waals surface area contributed by atoms with Gasteiger partial charge in [-0.1, -0.05) is 27.7 Å². The van der Waals surface area contributed by atoms with Crippen LogP contribution in [0, 0.1) is 13.8 Å². The minimum atomic E-state index is 0.501. The molecule has 0 saturated heterocycles. The summed E-state index contributed by atoms with van der Waals surface area (Å²) in [6.07, 6.45) is 0.